The number of rotatable bonds is 5. The van der Waals surface area contributed by atoms with Crippen LogP contribution in [0.1, 0.15) is 21.9 Å². The number of amides is 2. The van der Waals surface area contributed by atoms with Gasteiger partial charge in [0.2, 0.25) is 5.91 Å². The van der Waals surface area contributed by atoms with Crippen LogP contribution in [0.5, 0.6) is 0 Å². The van der Waals surface area contributed by atoms with E-state index in [0.717, 1.165) is 5.76 Å². The van der Waals surface area contributed by atoms with Crippen LogP contribution in [0.2, 0.25) is 0 Å². The highest BCUT2D eigenvalue weighted by molar-refractivity contribution is 7.80. The minimum Gasteiger partial charge on any atom is -0.462 e. The van der Waals surface area contributed by atoms with Gasteiger partial charge in [0, 0.05) is 11.8 Å². The maximum atomic E-state index is 12.6. The van der Waals surface area contributed by atoms with Crippen LogP contribution in [0.4, 0.5) is 11.4 Å². The molecule has 3 aromatic rings. The highest BCUT2D eigenvalue weighted by Gasteiger charge is 2.12. The van der Waals surface area contributed by atoms with Crippen molar-refractivity contribution in [3.63, 3.8) is 0 Å². The molecule has 0 unspecified atom stereocenters. The molecule has 0 aliphatic heterocycles. The standard InChI is InChI=1S/C22H19N3O3S/c1-15-11-12-17(28-15)13-14-20(26)25-22(29)24-19-10-6-5-9-18(19)21(27)23-16-7-3-2-4-8-16/h2-14H,1H3,(H,23,27)(H2,24,25,26,29). The summed E-state index contributed by atoms with van der Waals surface area (Å²) in [5, 5.41) is 8.34. The quantitative estimate of drug-likeness (QED) is 0.434. The molecule has 0 fully saturated rings. The van der Waals surface area contributed by atoms with Crippen molar-refractivity contribution >= 4 is 46.6 Å². The van der Waals surface area contributed by atoms with Gasteiger partial charge >= 0.3 is 0 Å². The lowest BCUT2D eigenvalue weighted by atomic mass is 10.1. The minimum absolute atomic E-state index is 0.0789. The van der Waals surface area contributed by atoms with E-state index in [9.17, 15) is 9.59 Å². The maximum absolute atomic E-state index is 12.6. The fraction of sp³-hybridized carbons (Fsp3) is 0.0455. The number of carbonyl (C=O) groups excluding carboxylic acids is 2. The van der Waals surface area contributed by atoms with Crippen molar-refractivity contribution in [3.8, 4) is 0 Å². The molecule has 0 bridgehead atoms. The summed E-state index contributed by atoms with van der Waals surface area (Å²) in [6.45, 7) is 1.82. The van der Waals surface area contributed by atoms with Gasteiger partial charge in [0.05, 0.1) is 11.3 Å². The molecule has 2 amide bonds. The molecule has 1 aromatic heterocycles. The monoisotopic (exact) mass is 405 g/mol. The lowest BCUT2D eigenvalue weighted by Crippen LogP contribution is -2.33. The Hall–Kier alpha value is -3.71. The Balaban J connectivity index is 1.62. The Kier molecular flexibility index (Phi) is 6.55. The van der Waals surface area contributed by atoms with Crippen LogP contribution in [0.3, 0.4) is 0 Å². The van der Waals surface area contributed by atoms with E-state index < -0.39 is 5.91 Å². The zero-order valence-corrected chi connectivity index (χ0v) is 16.5. The Labute approximate surface area is 173 Å². The first kappa shape index (κ1) is 20.0. The van der Waals surface area contributed by atoms with Crippen molar-refractivity contribution in [1.82, 2.24) is 5.32 Å². The SMILES string of the molecule is Cc1ccc(C=CC(=O)NC(=S)Nc2ccccc2C(=O)Nc2ccccc2)o1. The molecule has 3 N–H and O–H groups in total. The van der Waals surface area contributed by atoms with E-state index in [-0.39, 0.29) is 11.0 Å². The molecule has 0 aliphatic rings. The van der Waals surface area contributed by atoms with Gasteiger partial charge in [-0.25, -0.2) is 0 Å². The zero-order chi connectivity index (χ0) is 20.6. The molecule has 146 valence electrons. The first-order chi connectivity index (χ1) is 14.0. The number of furan rings is 1. The van der Waals surface area contributed by atoms with Crippen LogP contribution in [0.25, 0.3) is 6.08 Å². The summed E-state index contributed by atoms with van der Waals surface area (Å²) in [4.78, 5) is 24.6. The third-order valence-corrected chi connectivity index (χ3v) is 4.05. The average Bonchev–Trinajstić information content (AvgIpc) is 3.12. The lowest BCUT2D eigenvalue weighted by Gasteiger charge is -2.13. The first-order valence-electron chi connectivity index (χ1n) is 8.83. The second-order valence-electron chi connectivity index (χ2n) is 6.09. The molecular formula is C22H19N3O3S. The van der Waals surface area contributed by atoms with Gasteiger partial charge in [0.25, 0.3) is 5.91 Å². The first-order valence-corrected chi connectivity index (χ1v) is 9.24. The lowest BCUT2D eigenvalue weighted by molar-refractivity contribution is -0.115. The smallest absolute Gasteiger partial charge is 0.257 e. The fourth-order valence-corrected chi connectivity index (χ4v) is 2.73. The Morgan fingerprint density at radius 1 is 0.931 bits per heavy atom. The predicted molar refractivity (Wildman–Crippen MR) is 118 cm³/mol. The van der Waals surface area contributed by atoms with E-state index in [2.05, 4.69) is 16.0 Å². The molecular weight excluding hydrogens is 386 g/mol. The van der Waals surface area contributed by atoms with Crippen LogP contribution < -0.4 is 16.0 Å². The zero-order valence-electron chi connectivity index (χ0n) is 15.6. The summed E-state index contributed by atoms with van der Waals surface area (Å²) in [5.74, 6) is 0.622. The Bertz CT molecular complexity index is 1060. The van der Waals surface area contributed by atoms with Crippen LogP contribution in [-0.4, -0.2) is 16.9 Å². The summed E-state index contributed by atoms with van der Waals surface area (Å²) in [7, 11) is 0. The van der Waals surface area contributed by atoms with Gasteiger partial charge in [0.1, 0.15) is 11.5 Å². The van der Waals surface area contributed by atoms with Crippen molar-refractivity contribution in [2.24, 2.45) is 0 Å². The predicted octanol–water partition coefficient (Wildman–Crippen LogP) is 4.37. The molecule has 7 heteroatoms. The fourth-order valence-electron chi connectivity index (χ4n) is 2.52. The van der Waals surface area contributed by atoms with E-state index in [1.54, 1.807) is 54.6 Å². The van der Waals surface area contributed by atoms with E-state index >= 15 is 0 Å². The molecule has 0 saturated heterocycles. The number of anilines is 2. The number of hydrogen-bond donors (Lipinski definition) is 3. The maximum Gasteiger partial charge on any atom is 0.257 e. The van der Waals surface area contributed by atoms with Gasteiger partial charge in [-0.3, -0.25) is 14.9 Å². The van der Waals surface area contributed by atoms with Gasteiger partial charge in [-0.2, -0.15) is 0 Å². The van der Waals surface area contributed by atoms with E-state index in [1.165, 1.54) is 6.08 Å². The largest absolute Gasteiger partial charge is 0.462 e. The Morgan fingerprint density at radius 2 is 1.66 bits per heavy atom. The minimum atomic E-state index is -0.414. The molecule has 0 atom stereocenters. The van der Waals surface area contributed by atoms with Gasteiger partial charge in [-0.05, 0) is 61.6 Å². The number of hydrogen-bond acceptors (Lipinski definition) is 4. The molecule has 6 nitrogen and oxygen atoms in total. The molecule has 1 heterocycles. The second-order valence-corrected chi connectivity index (χ2v) is 6.50. The summed E-state index contributed by atoms with van der Waals surface area (Å²) >= 11 is 5.19. The van der Waals surface area contributed by atoms with Crippen molar-refractivity contribution < 1.29 is 14.0 Å². The van der Waals surface area contributed by atoms with E-state index in [1.807, 2.05) is 25.1 Å². The van der Waals surface area contributed by atoms with Crippen molar-refractivity contribution in [1.29, 1.82) is 0 Å². The molecule has 29 heavy (non-hydrogen) atoms. The summed E-state index contributed by atoms with van der Waals surface area (Å²) in [6, 6.07) is 19.6. The molecule has 3 rings (SSSR count). The molecule has 0 spiro atoms. The third-order valence-electron chi connectivity index (χ3n) is 3.85. The number of benzene rings is 2. The molecule has 2 aromatic carbocycles. The van der Waals surface area contributed by atoms with Crippen LogP contribution in [-0.2, 0) is 4.79 Å². The molecule has 0 saturated carbocycles. The normalized spacial score (nSPS) is 10.5. The number of para-hydroxylation sites is 2. The van der Waals surface area contributed by atoms with Gasteiger partial charge < -0.3 is 15.1 Å². The third kappa shape index (κ3) is 5.88. The highest BCUT2D eigenvalue weighted by atomic mass is 32.1. The number of nitrogens with one attached hydrogen (secondary N) is 3. The van der Waals surface area contributed by atoms with E-state index in [4.69, 9.17) is 16.6 Å². The van der Waals surface area contributed by atoms with Gasteiger partial charge in [0.15, 0.2) is 5.11 Å². The van der Waals surface area contributed by atoms with Gasteiger partial charge in [-0.15, -0.1) is 0 Å². The second kappa shape index (κ2) is 9.48. The molecule has 0 aliphatic carbocycles. The average molecular weight is 405 g/mol. The summed E-state index contributed by atoms with van der Waals surface area (Å²) < 4.78 is 5.37. The summed E-state index contributed by atoms with van der Waals surface area (Å²) in [5.41, 5.74) is 1.56. The Morgan fingerprint density at radius 3 is 2.38 bits per heavy atom. The number of aryl methyl sites for hydroxylation is 1. The summed E-state index contributed by atoms with van der Waals surface area (Å²) in [6.07, 6.45) is 2.87. The topological polar surface area (TPSA) is 83.4 Å². The van der Waals surface area contributed by atoms with Crippen LogP contribution >= 0.6 is 12.2 Å². The van der Waals surface area contributed by atoms with Crippen molar-refractivity contribution in [2.45, 2.75) is 6.92 Å². The van der Waals surface area contributed by atoms with Crippen molar-refractivity contribution in [3.05, 3.63) is 89.9 Å². The number of thiocarbonyl (C=S) groups is 1. The van der Waals surface area contributed by atoms with Gasteiger partial charge in [-0.1, -0.05) is 30.3 Å². The van der Waals surface area contributed by atoms with Crippen LogP contribution in [0, 0.1) is 6.92 Å². The van der Waals surface area contributed by atoms with Crippen molar-refractivity contribution in [2.75, 3.05) is 10.6 Å². The number of carbonyl (C=O) groups is 2. The highest BCUT2D eigenvalue weighted by Crippen LogP contribution is 2.17. The van der Waals surface area contributed by atoms with Crippen LogP contribution in [0.15, 0.2) is 77.2 Å². The molecule has 0 radical (unpaired) electrons. The van der Waals surface area contributed by atoms with E-state index in [0.29, 0.717) is 22.7 Å².